The van der Waals surface area contributed by atoms with Crippen molar-refractivity contribution < 1.29 is 9.18 Å². The molecular weight excluding hydrogens is 253 g/mol. The molecule has 0 radical (unpaired) electrons. The number of nitrogens with zero attached hydrogens (tertiary/aromatic N) is 1. The molecule has 0 saturated carbocycles. The highest BCUT2D eigenvalue weighted by molar-refractivity contribution is 7.80. The Hall–Kier alpha value is -1.53. The number of nitrogens with two attached hydrogens (primary N) is 1. The molecule has 1 aromatic rings. The summed E-state index contributed by atoms with van der Waals surface area (Å²) in [5.41, 5.74) is 6.13. The average Bonchev–Trinajstić information content (AvgIpc) is 2.31. The van der Waals surface area contributed by atoms with Crippen LogP contribution < -0.4 is 11.1 Å². The highest BCUT2D eigenvalue weighted by atomic mass is 32.1. The fourth-order valence-corrected chi connectivity index (χ4v) is 1.72. The summed E-state index contributed by atoms with van der Waals surface area (Å²) >= 11 is 4.77. The van der Waals surface area contributed by atoms with Crippen LogP contribution in [0.4, 0.5) is 4.39 Å². The highest BCUT2D eigenvalue weighted by Crippen LogP contribution is 2.14. The van der Waals surface area contributed by atoms with Crippen LogP contribution in [0.2, 0.25) is 0 Å². The van der Waals surface area contributed by atoms with E-state index in [1.807, 2.05) is 0 Å². The van der Waals surface area contributed by atoms with Crippen molar-refractivity contribution in [2.45, 2.75) is 6.54 Å². The van der Waals surface area contributed by atoms with Crippen molar-refractivity contribution in [3.63, 3.8) is 0 Å². The predicted molar refractivity (Wildman–Crippen MR) is 72.7 cm³/mol. The van der Waals surface area contributed by atoms with Crippen LogP contribution in [0.5, 0.6) is 0 Å². The predicted octanol–water partition coefficient (Wildman–Crippen LogP) is 0.638. The van der Waals surface area contributed by atoms with E-state index in [1.54, 1.807) is 37.2 Å². The van der Waals surface area contributed by atoms with Crippen molar-refractivity contribution in [2.24, 2.45) is 5.73 Å². The Labute approximate surface area is 111 Å². The van der Waals surface area contributed by atoms with E-state index in [2.05, 4.69) is 5.32 Å². The van der Waals surface area contributed by atoms with Crippen LogP contribution in [0.25, 0.3) is 0 Å². The minimum atomic E-state index is -0.422. The van der Waals surface area contributed by atoms with Crippen molar-refractivity contribution in [3.05, 3.63) is 35.1 Å². The minimum absolute atomic E-state index is 0.0308. The number of likely N-dealkylation sites (N-methyl/N-ethyl adjacent to an activating group) is 2. The molecule has 1 amide bonds. The van der Waals surface area contributed by atoms with Gasteiger partial charge in [-0.15, -0.1) is 0 Å². The summed E-state index contributed by atoms with van der Waals surface area (Å²) in [6.07, 6.45) is 0. The first-order valence-corrected chi connectivity index (χ1v) is 5.82. The van der Waals surface area contributed by atoms with Gasteiger partial charge in [-0.1, -0.05) is 24.4 Å². The lowest BCUT2D eigenvalue weighted by molar-refractivity contribution is -0.121. The lowest BCUT2D eigenvalue weighted by Gasteiger charge is -2.16. The van der Waals surface area contributed by atoms with Crippen LogP contribution >= 0.6 is 12.2 Å². The van der Waals surface area contributed by atoms with Gasteiger partial charge in [0.05, 0.1) is 6.54 Å². The smallest absolute Gasteiger partial charge is 0.233 e. The van der Waals surface area contributed by atoms with E-state index in [9.17, 15) is 9.18 Å². The normalized spacial score (nSPS) is 10.4. The van der Waals surface area contributed by atoms with E-state index in [0.717, 1.165) is 0 Å². The summed E-state index contributed by atoms with van der Waals surface area (Å²) in [5, 5.41) is 2.51. The Morgan fingerprint density at radius 1 is 1.56 bits per heavy atom. The molecule has 0 aromatic heterocycles. The van der Waals surface area contributed by atoms with Gasteiger partial charge < -0.3 is 11.1 Å². The SMILES string of the molecule is CNC(=O)CN(C)Cc1cccc(C(N)=S)c1F. The van der Waals surface area contributed by atoms with Crippen LogP contribution in [-0.2, 0) is 11.3 Å². The first kappa shape index (κ1) is 14.5. The molecular formula is C12H16FN3OS. The summed E-state index contributed by atoms with van der Waals surface area (Å²) < 4.78 is 14.0. The van der Waals surface area contributed by atoms with Gasteiger partial charge in [-0.2, -0.15) is 0 Å². The van der Waals surface area contributed by atoms with Crippen LogP contribution in [0, 0.1) is 5.82 Å². The molecule has 0 aliphatic rings. The third-order valence-corrected chi connectivity index (χ3v) is 2.70. The van der Waals surface area contributed by atoms with Gasteiger partial charge in [0.15, 0.2) is 0 Å². The Morgan fingerprint density at radius 2 is 2.22 bits per heavy atom. The van der Waals surface area contributed by atoms with E-state index >= 15 is 0 Å². The second kappa shape index (κ2) is 6.42. The standard InChI is InChI=1S/C12H16FN3OS/c1-15-10(17)7-16(2)6-8-4-3-5-9(11(8)13)12(14)18/h3-5H,6-7H2,1-2H3,(H2,14,18)(H,15,17). The molecule has 0 saturated heterocycles. The number of rotatable bonds is 5. The monoisotopic (exact) mass is 269 g/mol. The zero-order chi connectivity index (χ0) is 13.7. The Morgan fingerprint density at radius 3 is 2.78 bits per heavy atom. The van der Waals surface area contributed by atoms with E-state index in [0.29, 0.717) is 12.1 Å². The third-order valence-electron chi connectivity index (χ3n) is 2.48. The Kier molecular flexibility index (Phi) is 5.18. The van der Waals surface area contributed by atoms with Gasteiger partial charge in [0.25, 0.3) is 0 Å². The molecule has 3 N–H and O–H groups in total. The average molecular weight is 269 g/mol. The molecule has 0 atom stereocenters. The van der Waals surface area contributed by atoms with Gasteiger partial charge in [-0.25, -0.2) is 4.39 Å². The van der Waals surface area contributed by atoms with Gasteiger partial charge in [-0.3, -0.25) is 9.69 Å². The molecule has 18 heavy (non-hydrogen) atoms. The van der Waals surface area contributed by atoms with Crippen LogP contribution in [0.1, 0.15) is 11.1 Å². The van der Waals surface area contributed by atoms with Crippen LogP contribution in [0.3, 0.4) is 0 Å². The quantitative estimate of drug-likeness (QED) is 0.770. The molecule has 4 nitrogen and oxygen atoms in total. The van der Waals surface area contributed by atoms with Gasteiger partial charge in [0.1, 0.15) is 10.8 Å². The van der Waals surface area contributed by atoms with Crippen molar-refractivity contribution in [1.29, 1.82) is 0 Å². The van der Waals surface area contributed by atoms with Crippen molar-refractivity contribution in [2.75, 3.05) is 20.6 Å². The molecule has 0 fully saturated rings. The Bertz CT molecular complexity index is 465. The molecule has 1 rings (SSSR count). The lowest BCUT2D eigenvalue weighted by Crippen LogP contribution is -2.33. The molecule has 0 aliphatic heterocycles. The first-order chi connectivity index (χ1) is 8.45. The van der Waals surface area contributed by atoms with E-state index < -0.39 is 5.82 Å². The highest BCUT2D eigenvalue weighted by Gasteiger charge is 2.12. The largest absolute Gasteiger partial charge is 0.389 e. The Balaban J connectivity index is 2.82. The molecule has 0 bridgehead atoms. The number of amides is 1. The third kappa shape index (κ3) is 3.75. The number of carbonyl (C=O) groups excluding carboxylic acids is 1. The molecule has 98 valence electrons. The maximum absolute atomic E-state index is 14.0. The molecule has 6 heteroatoms. The van der Waals surface area contributed by atoms with Crippen molar-refractivity contribution >= 4 is 23.1 Å². The van der Waals surface area contributed by atoms with Gasteiger partial charge in [0, 0.05) is 24.7 Å². The summed E-state index contributed by atoms with van der Waals surface area (Å²) in [4.78, 5) is 12.9. The summed E-state index contributed by atoms with van der Waals surface area (Å²) in [6, 6.07) is 4.89. The fourth-order valence-electron chi connectivity index (χ4n) is 1.56. The second-order valence-electron chi connectivity index (χ2n) is 3.99. The second-order valence-corrected chi connectivity index (χ2v) is 4.43. The van der Waals surface area contributed by atoms with Gasteiger partial charge >= 0.3 is 0 Å². The van der Waals surface area contributed by atoms with E-state index in [-0.39, 0.29) is 23.0 Å². The molecule has 0 unspecified atom stereocenters. The fraction of sp³-hybridized carbons (Fsp3) is 0.333. The number of halogens is 1. The van der Waals surface area contributed by atoms with Crippen LogP contribution in [-0.4, -0.2) is 36.4 Å². The van der Waals surface area contributed by atoms with E-state index in [1.165, 1.54) is 0 Å². The summed E-state index contributed by atoms with van der Waals surface area (Å²) in [6.45, 7) is 0.517. The summed E-state index contributed by atoms with van der Waals surface area (Å²) in [5.74, 6) is -0.544. The van der Waals surface area contributed by atoms with E-state index in [4.69, 9.17) is 18.0 Å². The first-order valence-electron chi connectivity index (χ1n) is 5.42. The molecule has 0 aliphatic carbocycles. The maximum Gasteiger partial charge on any atom is 0.233 e. The topological polar surface area (TPSA) is 58.4 Å². The summed E-state index contributed by atoms with van der Waals surface area (Å²) in [7, 11) is 3.30. The van der Waals surface area contributed by atoms with Gasteiger partial charge in [-0.05, 0) is 13.1 Å². The van der Waals surface area contributed by atoms with Crippen molar-refractivity contribution in [1.82, 2.24) is 10.2 Å². The number of thiocarbonyl (C=S) groups is 1. The number of hydrogen-bond acceptors (Lipinski definition) is 3. The molecule has 0 heterocycles. The lowest BCUT2D eigenvalue weighted by atomic mass is 10.1. The van der Waals surface area contributed by atoms with Crippen molar-refractivity contribution in [3.8, 4) is 0 Å². The zero-order valence-electron chi connectivity index (χ0n) is 10.4. The zero-order valence-corrected chi connectivity index (χ0v) is 11.2. The maximum atomic E-state index is 14.0. The number of carbonyl (C=O) groups is 1. The van der Waals surface area contributed by atoms with Gasteiger partial charge in [0.2, 0.25) is 5.91 Å². The van der Waals surface area contributed by atoms with Crippen LogP contribution in [0.15, 0.2) is 18.2 Å². The minimum Gasteiger partial charge on any atom is -0.389 e. The molecule has 0 spiro atoms. The number of benzene rings is 1. The number of nitrogens with one attached hydrogen (secondary N) is 1. The number of hydrogen-bond donors (Lipinski definition) is 2. The molecule has 1 aromatic carbocycles.